The lowest BCUT2D eigenvalue weighted by atomic mass is 10.2. The number of para-hydroxylation sites is 1. The predicted molar refractivity (Wildman–Crippen MR) is 86.6 cm³/mol. The first-order chi connectivity index (χ1) is 10.5. The van der Waals surface area contributed by atoms with E-state index in [1.807, 2.05) is 18.2 Å². The van der Waals surface area contributed by atoms with Crippen molar-refractivity contribution in [2.75, 3.05) is 18.6 Å². The molecule has 0 fully saturated rings. The largest absolute Gasteiger partial charge is 0.452 e. The lowest BCUT2D eigenvalue weighted by molar-refractivity contribution is -0.121. The monoisotopic (exact) mass is 337 g/mol. The molecule has 0 saturated carbocycles. The zero-order chi connectivity index (χ0) is 16.1. The average Bonchev–Trinajstić information content (AvgIpc) is 2.54. The molecule has 2 aromatic rings. The van der Waals surface area contributed by atoms with Crippen molar-refractivity contribution < 1.29 is 14.3 Å². The molecule has 0 radical (unpaired) electrons. The van der Waals surface area contributed by atoms with Gasteiger partial charge in [-0.05, 0) is 30.3 Å². The Kier molecular flexibility index (Phi) is 5.41. The fourth-order valence-electron chi connectivity index (χ4n) is 1.75. The number of benzene rings is 2. The minimum Gasteiger partial charge on any atom is -0.452 e. The molecule has 0 atom stereocenters. The van der Waals surface area contributed by atoms with E-state index < -0.39 is 5.97 Å². The Bertz CT molecular complexity index is 689. The summed E-state index contributed by atoms with van der Waals surface area (Å²) in [6.45, 7) is -0.382. The minimum absolute atomic E-state index is 0.129. The number of anilines is 1. The van der Waals surface area contributed by atoms with Crippen LogP contribution in [-0.2, 0) is 9.53 Å². The van der Waals surface area contributed by atoms with Crippen LogP contribution in [0.5, 0.6) is 0 Å². The first-order valence-electron chi connectivity index (χ1n) is 6.43. The van der Waals surface area contributed by atoms with Gasteiger partial charge in [-0.2, -0.15) is 0 Å². The van der Waals surface area contributed by atoms with E-state index in [4.69, 9.17) is 27.9 Å². The maximum absolute atomic E-state index is 12.0. The van der Waals surface area contributed by atoms with Crippen molar-refractivity contribution in [1.29, 1.82) is 0 Å². The van der Waals surface area contributed by atoms with Gasteiger partial charge < -0.3 is 9.64 Å². The van der Waals surface area contributed by atoms with Gasteiger partial charge in [-0.25, -0.2) is 4.79 Å². The second kappa shape index (κ2) is 7.29. The highest BCUT2D eigenvalue weighted by Gasteiger charge is 2.17. The molecule has 0 bridgehead atoms. The normalized spacial score (nSPS) is 10.1. The van der Waals surface area contributed by atoms with E-state index in [9.17, 15) is 9.59 Å². The number of carbonyl (C=O) groups is 2. The highest BCUT2D eigenvalue weighted by atomic mass is 35.5. The quantitative estimate of drug-likeness (QED) is 0.797. The predicted octanol–water partition coefficient (Wildman–Crippen LogP) is 3.81. The zero-order valence-electron chi connectivity index (χ0n) is 11.8. The Balaban J connectivity index is 1.99. The second-order valence-electron chi connectivity index (χ2n) is 4.49. The molecule has 4 nitrogen and oxygen atoms in total. The Morgan fingerprint density at radius 1 is 1.09 bits per heavy atom. The molecule has 6 heteroatoms. The van der Waals surface area contributed by atoms with Crippen LogP contribution in [0.25, 0.3) is 0 Å². The summed E-state index contributed by atoms with van der Waals surface area (Å²) in [5.41, 5.74) is 0.841. The van der Waals surface area contributed by atoms with Crippen LogP contribution in [0.3, 0.4) is 0 Å². The molecular formula is C16H13Cl2NO3. The lowest BCUT2D eigenvalue weighted by Crippen LogP contribution is -2.31. The molecule has 0 spiro atoms. The number of amides is 1. The molecule has 0 aliphatic heterocycles. The van der Waals surface area contributed by atoms with Crippen molar-refractivity contribution >= 4 is 40.8 Å². The third-order valence-corrected chi connectivity index (χ3v) is 3.56. The summed E-state index contributed by atoms with van der Waals surface area (Å²) in [7, 11) is 1.61. The summed E-state index contributed by atoms with van der Waals surface area (Å²) in [4.78, 5) is 25.4. The molecule has 0 aliphatic carbocycles. The molecule has 2 rings (SSSR count). The van der Waals surface area contributed by atoms with Crippen LogP contribution in [0.1, 0.15) is 10.4 Å². The van der Waals surface area contributed by atoms with Crippen molar-refractivity contribution in [3.8, 4) is 0 Å². The van der Waals surface area contributed by atoms with Crippen molar-refractivity contribution in [2.24, 2.45) is 0 Å². The van der Waals surface area contributed by atoms with E-state index in [1.54, 1.807) is 25.2 Å². The summed E-state index contributed by atoms with van der Waals surface area (Å²) in [6, 6.07) is 13.5. The van der Waals surface area contributed by atoms with Gasteiger partial charge in [0.1, 0.15) is 0 Å². The molecule has 0 aromatic heterocycles. The summed E-state index contributed by atoms with van der Waals surface area (Å²) >= 11 is 11.7. The maximum atomic E-state index is 12.0. The molecule has 0 heterocycles. The third-order valence-electron chi connectivity index (χ3n) is 2.99. The van der Waals surface area contributed by atoms with Gasteiger partial charge >= 0.3 is 5.97 Å². The van der Waals surface area contributed by atoms with Gasteiger partial charge in [-0.15, -0.1) is 0 Å². The molecule has 0 N–H and O–H groups in total. The van der Waals surface area contributed by atoms with E-state index in [2.05, 4.69) is 0 Å². The van der Waals surface area contributed by atoms with Crippen LogP contribution in [0.2, 0.25) is 10.0 Å². The van der Waals surface area contributed by atoms with Gasteiger partial charge in [-0.3, -0.25) is 4.79 Å². The van der Waals surface area contributed by atoms with E-state index in [0.29, 0.717) is 10.7 Å². The van der Waals surface area contributed by atoms with Crippen LogP contribution in [0.15, 0.2) is 48.5 Å². The standard InChI is InChI=1S/C16H13Cl2NO3/c1-19(12-5-3-2-4-6-12)15(20)10-22-16(21)13-9-11(17)7-8-14(13)18/h2-9H,10H2,1H3. The van der Waals surface area contributed by atoms with Gasteiger partial charge in [-0.1, -0.05) is 41.4 Å². The Hall–Kier alpha value is -2.04. The van der Waals surface area contributed by atoms with Crippen molar-refractivity contribution in [2.45, 2.75) is 0 Å². The summed E-state index contributed by atoms with van der Waals surface area (Å²) in [5, 5.41) is 0.586. The molecule has 2 aromatic carbocycles. The molecule has 0 unspecified atom stereocenters. The average molecular weight is 338 g/mol. The highest BCUT2D eigenvalue weighted by Crippen LogP contribution is 2.21. The van der Waals surface area contributed by atoms with Gasteiger partial charge in [0.2, 0.25) is 0 Å². The number of ether oxygens (including phenoxy) is 1. The summed E-state index contributed by atoms with van der Waals surface area (Å²) in [5.74, 6) is -1.04. The number of carbonyl (C=O) groups excluding carboxylic acids is 2. The Morgan fingerprint density at radius 2 is 1.77 bits per heavy atom. The number of esters is 1. The second-order valence-corrected chi connectivity index (χ2v) is 5.33. The zero-order valence-corrected chi connectivity index (χ0v) is 13.3. The first-order valence-corrected chi connectivity index (χ1v) is 7.18. The van der Waals surface area contributed by atoms with E-state index >= 15 is 0 Å². The number of likely N-dealkylation sites (N-methyl/N-ethyl adjacent to an activating group) is 1. The van der Waals surface area contributed by atoms with Gasteiger partial charge in [0, 0.05) is 17.8 Å². The topological polar surface area (TPSA) is 46.6 Å². The molecule has 114 valence electrons. The van der Waals surface area contributed by atoms with E-state index in [1.165, 1.54) is 17.0 Å². The van der Waals surface area contributed by atoms with Crippen molar-refractivity contribution in [1.82, 2.24) is 0 Å². The number of rotatable bonds is 4. The molecular weight excluding hydrogens is 325 g/mol. The molecule has 0 aliphatic rings. The molecule has 0 saturated heterocycles. The van der Waals surface area contributed by atoms with Crippen LogP contribution in [0.4, 0.5) is 5.69 Å². The van der Waals surface area contributed by atoms with Crippen molar-refractivity contribution in [3.63, 3.8) is 0 Å². The van der Waals surface area contributed by atoms with E-state index in [-0.39, 0.29) is 23.1 Å². The van der Waals surface area contributed by atoms with Crippen LogP contribution in [-0.4, -0.2) is 25.5 Å². The fourth-order valence-corrected chi connectivity index (χ4v) is 2.12. The fraction of sp³-hybridized carbons (Fsp3) is 0.125. The third kappa shape index (κ3) is 4.00. The van der Waals surface area contributed by atoms with Crippen LogP contribution in [0, 0.1) is 0 Å². The van der Waals surface area contributed by atoms with Gasteiger partial charge in [0.05, 0.1) is 10.6 Å². The van der Waals surface area contributed by atoms with Crippen LogP contribution < -0.4 is 4.90 Å². The lowest BCUT2D eigenvalue weighted by Gasteiger charge is -2.17. The number of nitrogens with zero attached hydrogens (tertiary/aromatic N) is 1. The molecule has 1 amide bonds. The summed E-state index contributed by atoms with van der Waals surface area (Å²) < 4.78 is 5.00. The Morgan fingerprint density at radius 3 is 2.45 bits per heavy atom. The van der Waals surface area contributed by atoms with Crippen LogP contribution >= 0.6 is 23.2 Å². The highest BCUT2D eigenvalue weighted by molar-refractivity contribution is 6.35. The first kappa shape index (κ1) is 16.3. The molecule has 22 heavy (non-hydrogen) atoms. The van der Waals surface area contributed by atoms with Gasteiger partial charge in [0.15, 0.2) is 6.61 Å². The van der Waals surface area contributed by atoms with E-state index in [0.717, 1.165) is 0 Å². The number of hydrogen-bond donors (Lipinski definition) is 0. The number of hydrogen-bond acceptors (Lipinski definition) is 3. The van der Waals surface area contributed by atoms with Gasteiger partial charge in [0.25, 0.3) is 5.91 Å². The number of halogens is 2. The smallest absolute Gasteiger partial charge is 0.340 e. The maximum Gasteiger partial charge on any atom is 0.340 e. The van der Waals surface area contributed by atoms with Crippen molar-refractivity contribution in [3.05, 3.63) is 64.1 Å². The minimum atomic E-state index is -0.692. The Labute approximate surface area is 138 Å². The SMILES string of the molecule is CN(C(=O)COC(=O)c1cc(Cl)ccc1Cl)c1ccccc1. The summed E-state index contributed by atoms with van der Waals surface area (Å²) in [6.07, 6.45) is 0.